The quantitative estimate of drug-likeness (QED) is 0.701. The molecule has 88 valence electrons. The normalized spacial score (nSPS) is 29.5. The Morgan fingerprint density at radius 1 is 1.19 bits per heavy atom. The predicted octanol–water partition coefficient (Wildman–Crippen LogP) is 0.703. The molecule has 1 aliphatic heterocycles. The second kappa shape index (κ2) is 5.43. The van der Waals surface area contributed by atoms with E-state index < -0.39 is 12.2 Å². The van der Waals surface area contributed by atoms with Crippen LogP contribution in [-0.2, 0) is 6.42 Å². The van der Waals surface area contributed by atoms with E-state index >= 15 is 0 Å². The van der Waals surface area contributed by atoms with Crippen LogP contribution in [0, 0.1) is 0 Å². The lowest BCUT2D eigenvalue weighted by molar-refractivity contribution is 0.0390. The van der Waals surface area contributed by atoms with Crippen LogP contribution in [0.25, 0.3) is 0 Å². The Labute approximate surface area is 96.1 Å². The first kappa shape index (κ1) is 11.6. The summed E-state index contributed by atoms with van der Waals surface area (Å²) in [5.41, 5.74) is 1.33. The van der Waals surface area contributed by atoms with Crippen molar-refractivity contribution in [2.75, 3.05) is 6.54 Å². The first-order valence-corrected chi connectivity index (χ1v) is 5.91. The molecule has 0 amide bonds. The summed E-state index contributed by atoms with van der Waals surface area (Å²) in [4.78, 5) is 0. The Morgan fingerprint density at radius 3 is 2.56 bits per heavy atom. The Balaban J connectivity index is 1.73. The van der Waals surface area contributed by atoms with Crippen molar-refractivity contribution in [2.45, 2.75) is 37.5 Å². The molecule has 0 saturated carbocycles. The van der Waals surface area contributed by atoms with Gasteiger partial charge in [0.25, 0.3) is 0 Å². The maximum absolute atomic E-state index is 9.64. The van der Waals surface area contributed by atoms with Crippen LogP contribution in [0.4, 0.5) is 0 Å². The minimum Gasteiger partial charge on any atom is -0.389 e. The van der Waals surface area contributed by atoms with Gasteiger partial charge in [0, 0.05) is 12.6 Å². The lowest BCUT2D eigenvalue weighted by Gasteiger charge is -2.15. The highest BCUT2D eigenvalue weighted by atomic mass is 16.3. The smallest absolute Gasteiger partial charge is 0.0964 e. The van der Waals surface area contributed by atoms with E-state index in [2.05, 4.69) is 17.4 Å². The third-order valence-corrected chi connectivity index (χ3v) is 3.22. The van der Waals surface area contributed by atoms with Crippen LogP contribution in [0.15, 0.2) is 30.3 Å². The molecule has 1 fully saturated rings. The zero-order valence-corrected chi connectivity index (χ0v) is 9.34. The van der Waals surface area contributed by atoms with Crippen LogP contribution in [0.2, 0.25) is 0 Å². The summed E-state index contributed by atoms with van der Waals surface area (Å²) in [5, 5.41) is 22.2. The van der Waals surface area contributed by atoms with Crippen molar-refractivity contribution in [1.82, 2.24) is 5.32 Å². The van der Waals surface area contributed by atoms with E-state index in [1.54, 1.807) is 0 Å². The van der Waals surface area contributed by atoms with E-state index in [0.29, 0.717) is 6.54 Å². The standard InChI is InChI=1S/C13H19NO2/c15-12-9-14-11(13(12)16)8-4-7-10-5-2-1-3-6-10/h1-3,5-6,11-16H,4,7-9H2/t11-,12-,13-/m1/s1. The van der Waals surface area contributed by atoms with Crippen LogP contribution in [0.1, 0.15) is 18.4 Å². The minimum absolute atomic E-state index is 0.0544. The zero-order chi connectivity index (χ0) is 11.4. The maximum atomic E-state index is 9.64. The molecule has 3 N–H and O–H groups in total. The lowest BCUT2D eigenvalue weighted by Crippen LogP contribution is -2.32. The van der Waals surface area contributed by atoms with Crippen LogP contribution in [-0.4, -0.2) is 35.0 Å². The van der Waals surface area contributed by atoms with E-state index in [-0.39, 0.29) is 6.04 Å². The van der Waals surface area contributed by atoms with Crippen molar-refractivity contribution in [3.05, 3.63) is 35.9 Å². The highest BCUT2D eigenvalue weighted by Crippen LogP contribution is 2.14. The number of benzene rings is 1. The molecule has 0 aliphatic carbocycles. The van der Waals surface area contributed by atoms with Gasteiger partial charge in [-0.05, 0) is 24.8 Å². The molecule has 1 saturated heterocycles. The Morgan fingerprint density at radius 2 is 1.94 bits per heavy atom. The number of aliphatic hydroxyl groups excluding tert-OH is 2. The highest BCUT2D eigenvalue weighted by Gasteiger charge is 2.31. The predicted molar refractivity (Wildman–Crippen MR) is 63.2 cm³/mol. The largest absolute Gasteiger partial charge is 0.389 e. The fourth-order valence-electron chi connectivity index (χ4n) is 2.23. The number of hydrogen-bond acceptors (Lipinski definition) is 3. The molecule has 0 aromatic heterocycles. The number of nitrogens with one attached hydrogen (secondary N) is 1. The fourth-order valence-corrected chi connectivity index (χ4v) is 2.23. The van der Waals surface area contributed by atoms with Gasteiger partial charge in [0.05, 0.1) is 12.2 Å². The number of aryl methyl sites for hydroxylation is 1. The van der Waals surface area contributed by atoms with Gasteiger partial charge >= 0.3 is 0 Å². The van der Waals surface area contributed by atoms with Gasteiger partial charge in [-0.1, -0.05) is 30.3 Å². The molecule has 16 heavy (non-hydrogen) atoms. The second-order valence-electron chi connectivity index (χ2n) is 4.45. The average molecular weight is 221 g/mol. The first-order chi connectivity index (χ1) is 7.77. The molecule has 1 aromatic rings. The molecule has 3 heteroatoms. The molecule has 1 aromatic carbocycles. The summed E-state index contributed by atoms with van der Waals surface area (Å²) in [6.45, 7) is 0.511. The van der Waals surface area contributed by atoms with Gasteiger partial charge in [-0.3, -0.25) is 0 Å². The van der Waals surface area contributed by atoms with Gasteiger partial charge in [0.15, 0.2) is 0 Å². The van der Waals surface area contributed by atoms with Crippen molar-refractivity contribution in [3.8, 4) is 0 Å². The van der Waals surface area contributed by atoms with Crippen LogP contribution < -0.4 is 5.32 Å². The summed E-state index contributed by atoms with van der Waals surface area (Å²) in [7, 11) is 0. The van der Waals surface area contributed by atoms with Crippen molar-refractivity contribution in [3.63, 3.8) is 0 Å². The topological polar surface area (TPSA) is 52.5 Å². The first-order valence-electron chi connectivity index (χ1n) is 5.91. The van der Waals surface area contributed by atoms with Crippen molar-refractivity contribution in [1.29, 1.82) is 0 Å². The van der Waals surface area contributed by atoms with Gasteiger partial charge in [-0.15, -0.1) is 0 Å². The zero-order valence-electron chi connectivity index (χ0n) is 9.34. The van der Waals surface area contributed by atoms with Crippen molar-refractivity contribution >= 4 is 0 Å². The number of aliphatic hydroxyl groups is 2. The van der Waals surface area contributed by atoms with Crippen LogP contribution in [0.5, 0.6) is 0 Å². The molecule has 0 unspecified atom stereocenters. The Hall–Kier alpha value is -0.900. The third-order valence-electron chi connectivity index (χ3n) is 3.22. The molecule has 0 bridgehead atoms. The number of rotatable bonds is 4. The molecule has 0 spiro atoms. The van der Waals surface area contributed by atoms with Gasteiger partial charge in [0.1, 0.15) is 0 Å². The van der Waals surface area contributed by atoms with E-state index in [9.17, 15) is 10.2 Å². The third kappa shape index (κ3) is 2.82. The summed E-state index contributed by atoms with van der Waals surface area (Å²) < 4.78 is 0. The number of hydrogen-bond donors (Lipinski definition) is 3. The van der Waals surface area contributed by atoms with E-state index in [1.807, 2.05) is 18.2 Å². The van der Waals surface area contributed by atoms with Gasteiger partial charge in [-0.25, -0.2) is 0 Å². The fraction of sp³-hybridized carbons (Fsp3) is 0.538. The molecular weight excluding hydrogens is 202 g/mol. The highest BCUT2D eigenvalue weighted by molar-refractivity contribution is 5.14. The summed E-state index contributed by atoms with van der Waals surface area (Å²) >= 11 is 0. The summed E-state index contributed by atoms with van der Waals surface area (Å²) in [6.07, 6.45) is 1.78. The lowest BCUT2D eigenvalue weighted by atomic mass is 10.0. The Kier molecular flexibility index (Phi) is 3.93. The number of β-amino-alcohol motifs (C(OH)–C–C–N with tert-alkyl or cyclic N) is 1. The molecule has 0 radical (unpaired) electrons. The monoisotopic (exact) mass is 221 g/mol. The second-order valence-corrected chi connectivity index (χ2v) is 4.45. The van der Waals surface area contributed by atoms with Crippen LogP contribution in [0.3, 0.4) is 0 Å². The van der Waals surface area contributed by atoms with Crippen molar-refractivity contribution in [2.24, 2.45) is 0 Å². The van der Waals surface area contributed by atoms with Gasteiger partial charge in [-0.2, -0.15) is 0 Å². The van der Waals surface area contributed by atoms with E-state index in [1.165, 1.54) is 5.56 Å². The van der Waals surface area contributed by atoms with Crippen molar-refractivity contribution < 1.29 is 10.2 Å². The molecular formula is C13H19NO2. The van der Waals surface area contributed by atoms with E-state index in [4.69, 9.17) is 0 Å². The minimum atomic E-state index is -0.601. The SMILES string of the molecule is O[C@H]1[C@H](O)CN[C@@H]1CCCc1ccccc1. The average Bonchev–Trinajstić information content (AvgIpc) is 2.62. The van der Waals surface area contributed by atoms with Gasteiger partial charge in [0.2, 0.25) is 0 Å². The van der Waals surface area contributed by atoms with Crippen LogP contribution >= 0.6 is 0 Å². The molecule has 3 atom stereocenters. The van der Waals surface area contributed by atoms with Gasteiger partial charge < -0.3 is 15.5 Å². The van der Waals surface area contributed by atoms with E-state index in [0.717, 1.165) is 19.3 Å². The summed E-state index contributed by atoms with van der Waals surface area (Å²) in [5.74, 6) is 0. The molecule has 1 aliphatic rings. The summed E-state index contributed by atoms with van der Waals surface area (Å²) in [6, 6.07) is 10.4. The molecule has 2 rings (SSSR count). The Bertz CT molecular complexity index is 315. The molecule has 1 heterocycles. The molecule has 3 nitrogen and oxygen atoms in total. The maximum Gasteiger partial charge on any atom is 0.0964 e.